The predicted molar refractivity (Wildman–Crippen MR) is 65.4 cm³/mol. The number of rotatable bonds is 4. The van der Waals surface area contributed by atoms with Gasteiger partial charge in [0.05, 0.1) is 17.1 Å². The minimum Gasteiger partial charge on any atom is -0.481 e. The summed E-state index contributed by atoms with van der Waals surface area (Å²) in [4.78, 5) is 32.7. The summed E-state index contributed by atoms with van der Waals surface area (Å²) in [6.07, 6.45) is -0.745. The van der Waals surface area contributed by atoms with E-state index in [0.717, 1.165) is 0 Å². The molecule has 0 bridgehead atoms. The summed E-state index contributed by atoms with van der Waals surface area (Å²) in [6, 6.07) is 3.03. The van der Waals surface area contributed by atoms with Crippen molar-refractivity contribution in [1.82, 2.24) is 5.32 Å². The molecule has 3 N–H and O–H groups in total. The summed E-state index contributed by atoms with van der Waals surface area (Å²) in [5.41, 5.74) is -0.184. The molecule has 0 heterocycles. The van der Waals surface area contributed by atoms with Crippen LogP contribution in [0.5, 0.6) is 0 Å². The van der Waals surface area contributed by atoms with Gasteiger partial charge in [0.25, 0.3) is 0 Å². The van der Waals surface area contributed by atoms with Crippen LogP contribution in [0, 0.1) is 5.82 Å². The third kappa shape index (κ3) is 4.92. The third-order valence-electron chi connectivity index (χ3n) is 2.02. The lowest BCUT2D eigenvalue weighted by Crippen LogP contribution is -2.34. The number of anilines is 1. The first-order valence-electron chi connectivity index (χ1n) is 5.17. The monoisotopic (exact) mass is 288 g/mol. The Labute approximate surface area is 112 Å². The Morgan fingerprint density at radius 1 is 1.26 bits per heavy atom. The lowest BCUT2D eigenvalue weighted by atomic mass is 10.3. The maximum atomic E-state index is 13.4. The number of aliphatic carboxylic acids is 1. The van der Waals surface area contributed by atoms with E-state index in [1.54, 1.807) is 0 Å². The fourth-order valence-corrected chi connectivity index (χ4v) is 1.34. The predicted octanol–water partition coefficient (Wildman–Crippen LogP) is 1.99. The summed E-state index contributed by atoms with van der Waals surface area (Å²) in [5, 5.41) is 12.1. The molecule has 0 aromatic heterocycles. The van der Waals surface area contributed by atoms with E-state index in [-0.39, 0.29) is 17.1 Å². The van der Waals surface area contributed by atoms with Crippen LogP contribution in [0.4, 0.5) is 14.9 Å². The largest absolute Gasteiger partial charge is 0.481 e. The molecule has 19 heavy (non-hydrogen) atoms. The van der Waals surface area contributed by atoms with Gasteiger partial charge in [0, 0.05) is 6.42 Å². The number of nitrogens with one attached hydrogen (secondary N) is 2. The second-order valence-electron chi connectivity index (χ2n) is 3.50. The molecule has 0 saturated heterocycles. The highest BCUT2D eigenvalue weighted by atomic mass is 35.5. The molecule has 6 nitrogen and oxygen atoms in total. The minimum atomic E-state index is -1.16. The van der Waals surface area contributed by atoms with E-state index in [1.165, 1.54) is 18.2 Å². The van der Waals surface area contributed by atoms with Crippen molar-refractivity contribution in [3.05, 3.63) is 29.0 Å². The Bertz CT molecular complexity index is 521. The normalized spacial score (nSPS) is 9.79. The van der Waals surface area contributed by atoms with Crippen molar-refractivity contribution >= 4 is 35.2 Å². The number of halogens is 2. The first kappa shape index (κ1) is 14.9. The van der Waals surface area contributed by atoms with Crippen LogP contribution >= 0.6 is 11.6 Å². The van der Waals surface area contributed by atoms with Crippen LogP contribution < -0.4 is 10.6 Å². The zero-order chi connectivity index (χ0) is 14.4. The highest BCUT2D eigenvalue weighted by Gasteiger charge is 2.12. The molecule has 0 atom stereocenters. The Morgan fingerprint density at radius 3 is 2.58 bits per heavy atom. The smallest absolute Gasteiger partial charge is 0.325 e. The van der Waals surface area contributed by atoms with Crippen LogP contribution in [-0.4, -0.2) is 23.0 Å². The van der Waals surface area contributed by atoms with Gasteiger partial charge in [-0.2, -0.15) is 0 Å². The Kier molecular flexibility index (Phi) is 5.25. The van der Waals surface area contributed by atoms with Gasteiger partial charge in [-0.05, 0) is 12.1 Å². The highest BCUT2D eigenvalue weighted by Crippen LogP contribution is 2.21. The number of imide groups is 1. The molecule has 0 radical (unpaired) electrons. The van der Waals surface area contributed by atoms with E-state index >= 15 is 0 Å². The lowest BCUT2D eigenvalue weighted by Gasteiger charge is -2.07. The van der Waals surface area contributed by atoms with E-state index in [4.69, 9.17) is 16.7 Å². The molecule has 0 fully saturated rings. The molecular weight excluding hydrogens is 279 g/mol. The quantitative estimate of drug-likeness (QED) is 0.789. The van der Waals surface area contributed by atoms with Crippen molar-refractivity contribution < 1.29 is 23.9 Å². The fourth-order valence-electron chi connectivity index (χ4n) is 1.16. The first-order valence-corrected chi connectivity index (χ1v) is 5.54. The zero-order valence-electron chi connectivity index (χ0n) is 9.57. The topological polar surface area (TPSA) is 95.5 Å². The highest BCUT2D eigenvalue weighted by molar-refractivity contribution is 6.31. The zero-order valence-corrected chi connectivity index (χ0v) is 10.3. The van der Waals surface area contributed by atoms with Gasteiger partial charge in [-0.25, -0.2) is 9.18 Å². The van der Waals surface area contributed by atoms with Crippen LogP contribution in [0.15, 0.2) is 18.2 Å². The van der Waals surface area contributed by atoms with Crippen molar-refractivity contribution in [1.29, 1.82) is 0 Å². The van der Waals surface area contributed by atoms with Crippen LogP contribution in [0.1, 0.15) is 12.8 Å². The number of hydrogen-bond donors (Lipinski definition) is 3. The number of hydrogen-bond acceptors (Lipinski definition) is 3. The van der Waals surface area contributed by atoms with Gasteiger partial charge < -0.3 is 10.4 Å². The second-order valence-corrected chi connectivity index (χ2v) is 3.90. The summed E-state index contributed by atoms with van der Waals surface area (Å²) in [6.45, 7) is 0. The molecule has 1 rings (SSSR count). The van der Waals surface area contributed by atoms with Gasteiger partial charge in [0.1, 0.15) is 0 Å². The van der Waals surface area contributed by atoms with Gasteiger partial charge in [0.15, 0.2) is 5.82 Å². The molecule has 0 aliphatic heterocycles. The van der Waals surface area contributed by atoms with Crippen LogP contribution in [0.2, 0.25) is 5.02 Å². The second kappa shape index (κ2) is 6.69. The molecule has 0 saturated carbocycles. The molecule has 0 aliphatic rings. The van der Waals surface area contributed by atoms with Gasteiger partial charge in [0.2, 0.25) is 5.91 Å². The van der Waals surface area contributed by atoms with Gasteiger partial charge in [-0.3, -0.25) is 14.9 Å². The number of carbonyl (C=O) groups excluding carboxylic acids is 2. The lowest BCUT2D eigenvalue weighted by molar-refractivity contribution is -0.138. The van der Waals surface area contributed by atoms with E-state index in [9.17, 15) is 18.8 Å². The average molecular weight is 289 g/mol. The Balaban J connectivity index is 2.53. The van der Waals surface area contributed by atoms with Crippen molar-refractivity contribution in [2.24, 2.45) is 0 Å². The number of benzene rings is 1. The van der Waals surface area contributed by atoms with E-state index in [0.29, 0.717) is 0 Å². The van der Waals surface area contributed by atoms with E-state index < -0.39 is 30.1 Å². The number of urea groups is 1. The summed E-state index contributed by atoms with van der Waals surface area (Å²) >= 11 is 5.51. The van der Waals surface area contributed by atoms with Gasteiger partial charge in [-0.15, -0.1) is 0 Å². The molecule has 1 aromatic rings. The number of carboxylic acids is 1. The van der Waals surface area contributed by atoms with Crippen LogP contribution in [0.25, 0.3) is 0 Å². The summed E-state index contributed by atoms with van der Waals surface area (Å²) in [5.74, 6) is -2.75. The first-order chi connectivity index (χ1) is 8.90. The van der Waals surface area contributed by atoms with Crippen LogP contribution in [0.3, 0.4) is 0 Å². The molecular formula is C11H10ClFN2O4. The molecule has 102 valence electrons. The van der Waals surface area contributed by atoms with Crippen molar-refractivity contribution in [2.45, 2.75) is 12.8 Å². The van der Waals surface area contributed by atoms with Gasteiger partial charge in [-0.1, -0.05) is 17.7 Å². The Hall–Kier alpha value is -2.15. The van der Waals surface area contributed by atoms with Gasteiger partial charge >= 0.3 is 12.0 Å². The van der Waals surface area contributed by atoms with Crippen molar-refractivity contribution in [2.75, 3.05) is 5.32 Å². The number of carboxylic acid groups (broad SMARTS) is 1. The van der Waals surface area contributed by atoms with E-state index in [2.05, 4.69) is 5.32 Å². The third-order valence-corrected chi connectivity index (χ3v) is 2.31. The Morgan fingerprint density at radius 2 is 1.95 bits per heavy atom. The average Bonchev–Trinajstić information content (AvgIpc) is 2.32. The number of amides is 3. The minimum absolute atomic E-state index is 0.171. The molecule has 3 amide bonds. The standard InChI is InChI=1S/C11H10ClFN2O4/c12-6-2-1-3-7(10(6)13)14-11(19)15-8(16)4-5-9(17)18/h1-3H,4-5H2,(H,17,18)(H2,14,15,16,19). The maximum Gasteiger partial charge on any atom is 0.325 e. The molecule has 8 heteroatoms. The van der Waals surface area contributed by atoms with Crippen molar-refractivity contribution in [3.8, 4) is 0 Å². The molecule has 0 spiro atoms. The fraction of sp³-hybridized carbons (Fsp3) is 0.182. The van der Waals surface area contributed by atoms with Crippen molar-refractivity contribution in [3.63, 3.8) is 0 Å². The SMILES string of the molecule is O=C(O)CCC(=O)NC(=O)Nc1cccc(Cl)c1F. The van der Waals surface area contributed by atoms with E-state index in [1.807, 2.05) is 5.32 Å². The molecule has 0 aliphatic carbocycles. The number of carbonyl (C=O) groups is 3. The van der Waals surface area contributed by atoms with Crippen LogP contribution in [-0.2, 0) is 9.59 Å². The molecule has 1 aromatic carbocycles. The maximum absolute atomic E-state index is 13.4. The summed E-state index contributed by atoms with van der Waals surface area (Å²) < 4.78 is 13.4. The summed E-state index contributed by atoms with van der Waals surface area (Å²) in [7, 11) is 0. The molecule has 0 unspecified atom stereocenters.